The molecule has 2 unspecified atom stereocenters. The number of rotatable bonds is 7. The number of hydrogen-bond acceptors (Lipinski definition) is 7. The number of hydrogen-bond donors (Lipinski definition) is 2. The zero-order chi connectivity index (χ0) is 25.3. The third kappa shape index (κ3) is 5.97. The fourth-order valence-corrected chi connectivity index (χ4v) is 4.03. The van der Waals surface area contributed by atoms with Crippen molar-refractivity contribution in [3.05, 3.63) is 58.1 Å². The molecule has 0 aliphatic carbocycles. The Labute approximate surface area is 197 Å². The van der Waals surface area contributed by atoms with Gasteiger partial charge < -0.3 is 14.2 Å². The molecule has 3 rings (SSSR count). The van der Waals surface area contributed by atoms with Gasteiger partial charge in [-0.1, -0.05) is 23.7 Å². The number of carbonyl (C=O) groups is 2. The van der Waals surface area contributed by atoms with Crippen molar-refractivity contribution >= 4 is 33.6 Å². The molecule has 9 nitrogen and oxygen atoms in total. The number of nitrogens with two attached hydrogens (primary N) is 1. The number of alkyl halides is 3. The quantitative estimate of drug-likeness (QED) is 0.534. The summed E-state index contributed by atoms with van der Waals surface area (Å²) in [6.45, 7) is -0.768. The minimum absolute atomic E-state index is 0.0474. The SMILES string of the molecule is COC(=O)C(COc1cc(C(F)(F)F)ccc1C1CC(=O)c2cccc(Cl)c2O1)NS(N)(=O)=O. The summed E-state index contributed by atoms with van der Waals surface area (Å²) in [5, 5.41) is 5.01. The summed E-state index contributed by atoms with van der Waals surface area (Å²) in [6, 6.07) is 5.38. The number of methoxy groups -OCH3 is 1. The molecule has 0 saturated heterocycles. The molecule has 1 heterocycles. The van der Waals surface area contributed by atoms with Crippen LogP contribution in [-0.2, 0) is 25.9 Å². The van der Waals surface area contributed by atoms with Crippen LogP contribution in [0.15, 0.2) is 36.4 Å². The molecule has 0 aromatic heterocycles. The largest absolute Gasteiger partial charge is 0.491 e. The third-order valence-electron chi connectivity index (χ3n) is 4.78. The molecule has 0 amide bonds. The molecule has 2 aromatic carbocycles. The van der Waals surface area contributed by atoms with E-state index in [1.165, 1.54) is 12.1 Å². The second kappa shape index (κ2) is 9.78. The van der Waals surface area contributed by atoms with Gasteiger partial charge in [0.05, 0.1) is 29.7 Å². The average Bonchev–Trinajstić information content (AvgIpc) is 2.75. The number of Topliss-reactive ketones (excluding diaryl/α,β-unsaturated/α-hetero) is 1. The summed E-state index contributed by atoms with van der Waals surface area (Å²) in [6.07, 6.45) is -6.04. The minimum atomic E-state index is -4.74. The summed E-state index contributed by atoms with van der Waals surface area (Å²) in [7, 11) is -3.41. The topological polar surface area (TPSA) is 134 Å². The fourth-order valence-electron chi connectivity index (χ4n) is 3.25. The maximum atomic E-state index is 13.3. The summed E-state index contributed by atoms with van der Waals surface area (Å²) < 4.78 is 80.1. The van der Waals surface area contributed by atoms with E-state index < -0.39 is 52.4 Å². The van der Waals surface area contributed by atoms with E-state index in [1.54, 1.807) is 10.8 Å². The van der Waals surface area contributed by atoms with E-state index in [1.807, 2.05) is 0 Å². The van der Waals surface area contributed by atoms with Crippen LogP contribution < -0.4 is 19.3 Å². The predicted octanol–water partition coefficient (Wildman–Crippen LogP) is 2.78. The summed E-state index contributed by atoms with van der Waals surface area (Å²) in [5.74, 6) is -1.77. The molecule has 0 spiro atoms. The van der Waals surface area contributed by atoms with E-state index in [-0.39, 0.29) is 34.1 Å². The van der Waals surface area contributed by atoms with Gasteiger partial charge in [-0.3, -0.25) is 9.59 Å². The van der Waals surface area contributed by atoms with Crippen LogP contribution in [0.3, 0.4) is 0 Å². The molecule has 14 heteroatoms. The van der Waals surface area contributed by atoms with Crippen molar-refractivity contribution in [3.8, 4) is 11.5 Å². The Morgan fingerprint density at radius 1 is 1.32 bits per heavy atom. The molecule has 34 heavy (non-hydrogen) atoms. The lowest BCUT2D eigenvalue weighted by atomic mass is 9.95. The van der Waals surface area contributed by atoms with Crippen LogP contribution in [0.2, 0.25) is 5.02 Å². The zero-order valence-corrected chi connectivity index (χ0v) is 19.0. The summed E-state index contributed by atoms with van der Waals surface area (Å²) in [5.41, 5.74) is -0.812. The molecule has 2 aromatic rings. The molecule has 0 saturated carbocycles. The first-order valence-corrected chi connectivity index (χ1v) is 11.4. The van der Waals surface area contributed by atoms with Gasteiger partial charge in [0.25, 0.3) is 10.2 Å². The van der Waals surface area contributed by atoms with Crippen LogP contribution in [0.4, 0.5) is 13.2 Å². The molecule has 0 fully saturated rings. The van der Waals surface area contributed by atoms with Gasteiger partial charge in [-0.25, -0.2) is 5.14 Å². The van der Waals surface area contributed by atoms with E-state index in [4.69, 9.17) is 26.2 Å². The Hall–Kier alpha value is -2.87. The average molecular weight is 523 g/mol. The first-order valence-electron chi connectivity index (χ1n) is 9.50. The van der Waals surface area contributed by atoms with Crippen LogP contribution >= 0.6 is 11.6 Å². The van der Waals surface area contributed by atoms with Crippen molar-refractivity contribution in [2.24, 2.45) is 5.14 Å². The lowest BCUT2D eigenvalue weighted by Gasteiger charge is -2.28. The highest BCUT2D eigenvalue weighted by Crippen LogP contribution is 2.43. The van der Waals surface area contributed by atoms with Gasteiger partial charge in [0.2, 0.25) is 0 Å². The van der Waals surface area contributed by atoms with Gasteiger partial charge in [0.15, 0.2) is 11.8 Å². The number of carbonyl (C=O) groups excluding carboxylic acids is 2. The zero-order valence-electron chi connectivity index (χ0n) is 17.4. The number of benzene rings is 2. The van der Waals surface area contributed by atoms with E-state index >= 15 is 0 Å². The first-order chi connectivity index (χ1) is 15.8. The number of fused-ring (bicyclic) bond motifs is 1. The lowest BCUT2D eigenvalue weighted by Crippen LogP contribution is -2.48. The van der Waals surface area contributed by atoms with Crippen molar-refractivity contribution in [1.29, 1.82) is 0 Å². The third-order valence-corrected chi connectivity index (χ3v) is 5.69. The second-order valence-electron chi connectivity index (χ2n) is 7.15. The molecule has 1 aliphatic rings. The molecule has 184 valence electrons. The number of halogens is 4. The molecule has 3 N–H and O–H groups in total. The van der Waals surface area contributed by atoms with Gasteiger partial charge in [0.1, 0.15) is 24.2 Å². The van der Waals surface area contributed by atoms with Crippen molar-refractivity contribution in [3.63, 3.8) is 0 Å². The minimum Gasteiger partial charge on any atom is -0.491 e. The normalized spacial score (nSPS) is 16.9. The number of ether oxygens (including phenoxy) is 3. The molecular weight excluding hydrogens is 505 g/mol. The van der Waals surface area contributed by atoms with Crippen LogP contribution in [0, 0.1) is 0 Å². The highest BCUT2D eigenvalue weighted by atomic mass is 35.5. The molecule has 0 radical (unpaired) electrons. The van der Waals surface area contributed by atoms with Gasteiger partial charge >= 0.3 is 12.1 Å². The predicted molar refractivity (Wildman–Crippen MR) is 113 cm³/mol. The molecular formula is C20H18ClF3N2O7S. The Morgan fingerprint density at radius 2 is 2.03 bits per heavy atom. The Kier molecular flexibility index (Phi) is 7.41. The standard InChI is InChI=1S/C20H18ClF3N2O7S/c1-31-19(28)14(26-34(25,29)30)9-32-16-7-10(20(22,23)24)5-6-12(16)17-8-15(27)11-3-2-4-13(21)18(11)33-17/h2-7,14,17,26H,8-9H2,1H3,(H2,25,29,30). The van der Waals surface area contributed by atoms with Crippen molar-refractivity contribution in [2.75, 3.05) is 13.7 Å². The highest BCUT2D eigenvalue weighted by Gasteiger charge is 2.35. The maximum Gasteiger partial charge on any atom is 0.416 e. The lowest BCUT2D eigenvalue weighted by molar-refractivity contribution is -0.143. The van der Waals surface area contributed by atoms with Crippen molar-refractivity contribution < 1.29 is 45.4 Å². The van der Waals surface area contributed by atoms with Crippen LogP contribution in [0.5, 0.6) is 11.5 Å². The van der Waals surface area contributed by atoms with E-state index in [9.17, 15) is 31.2 Å². The molecule has 2 atom stereocenters. The second-order valence-corrected chi connectivity index (χ2v) is 8.88. The van der Waals surface area contributed by atoms with Crippen molar-refractivity contribution in [1.82, 2.24) is 4.72 Å². The smallest absolute Gasteiger partial charge is 0.416 e. The van der Waals surface area contributed by atoms with Crippen LogP contribution in [0.1, 0.15) is 34.0 Å². The molecule has 1 aliphatic heterocycles. The van der Waals surface area contributed by atoms with Gasteiger partial charge in [0, 0.05) is 5.56 Å². The van der Waals surface area contributed by atoms with Crippen molar-refractivity contribution in [2.45, 2.75) is 24.7 Å². The number of nitrogens with one attached hydrogen (secondary N) is 1. The van der Waals surface area contributed by atoms with Crippen LogP contribution in [-0.4, -0.2) is 39.9 Å². The Bertz CT molecular complexity index is 1220. The first kappa shape index (κ1) is 25.7. The monoisotopic (exact) mass is 522 g/mol. The van der Waals surface area contributed by atoms with Gasteiger partial charge in [-0.05, 0) is 24.3 Å². The number of ketones is 1. The van der Waals surface area contributed by atoms with Gasteiger partial charge in [-0.15, -0.1) is 0 Å². The highest BCUT2D eigenvalue weighted by molar-refractivity contribution is 7.87. The van der Waals surface area contributed by atoms with E-state index in [2.05, 4.69) is 4.74 Å². The van der Waals surface area contributed by atoms with E-state index in [0.717, 1.165) is 19.2 Å². The molecule has 0 bridgehead atoms. The summed E-state index contributed by atoms with van der Waals surface area (Å²) >= 11 is 6.11. The Balaban J connectivity index is 1.98. The number of esters is 1. The fraction of sp³-hybridized carbons (Fsp3) is 0.300. The maximum absolute atomic E-state index is 13.3. The van der Waals surface area contributed by atoms with Crippen LogP contribution in [0.25, 0.3) is 0 Å². The van der Waals surface area contributed by atoms with E-state index in [0.29, 0.717) is 6.07 Å². The van der Waals surface area contributed by atoms with Gasteiger partial charge in [-0.2, -0.15) is 26.3 Å². The summed E-state index contributed by atoms with van der Waals surface area (Å²) in [4.78, 5) is 24.5. The Morgan fingerprint density at radius 3 is 2.65 bits per heavy atom. The number of para-hydroxylation sites is 1.